The Morgan fingerprint density at radius 2 is 0.771 bits per heavy atom. The summed E-state index contributed by atoms with van der Waals surface area (Å²) in [5, 5.41) is 21.5. The molecule has 4 rings (SSSR count). The summed E-state index contributed by atoms with van der Waals surface area (Å²) in [5.41, 5.74) is 0. The zero-order valence-corrected chi connectivity index (χ0v) is 20.0. The third kappa shape index (κ3) is 6.18. The highest BCUT2D eigenvalue weighted by atomic mass is 15.4. The summed E-state index contributed by atoms with van der Waals surface area (Å²) in [4.78, 5) is 43.1. The van der Waals surface area contributed by atoms with Gasteiger partial charge in [0.05, 0.1) is 20.0 Å². The van der Waals surface area contributed by atoms with Crippen LogP contribution in [-0.2, 0) is 0 Å². The van der Waals surface area contributed by atoms with Gasteiger partial charge in [0.1, 0.15) is 0 Å². The zero-order valence-electron chi connectivity index (χ0n) is 20.0. The molecule has 0 unspecified atom stereocenters. The van der Waals surface area contributed by atoms with Crippen LogP contribution in [0.15, 0.2) is 0 Å². The molecule has 0 fully saturated rings. The van der Waals surface area contributed by atoms with E-state index in [2.05, 4.69) is 82.1 Å². The third-order valence-electron chi connectivity index (χ3n) is 4.39. The van der Waals surface area contributed by atoms with E-state index in [1.165, 1.54) is 0 Å². The van der Waals surface area contributed by atoms with Crippen LogP contribution < -0.4 is 47.0 Å². The minimum absolute atomic E-state index is 0.259. The lowest BCUT2D eigenvalue weighted by molar-refractivity contribution is 0.923. The molecule has 0 spiro atoms. The standard InChI is InChI=1S/C17H28N18/c1-18-9-25-10-19-6-21-12-28-14(32-16(30-12)34(2)3)23-8-24-15-29-13(31-17(33-15)35(4)5)22-7-20-11(26-9)27-10/h6-8H2,1-5H3,(H2,21,23,28,30,32)(H2,22,24,29,31,33)(H3,18,19,20,25,26,27). The van der Waals surface area contributed by atoms with Gasteiger partial charge in [0, 0.05) is 35.2 Å². The van der Waals surface area contributed by atoms with Gasteiger partial charge in [-0.3, -0.25) is 0 Å². The minimum atomic E-state index is 0.259. The van der Waals surface area contributed by atoms with Gasteiger partial charge in [0.2, 0.25) is 53.5 Å². The van der Waals surface area contributed by atoms with Gasteiger partial charge in [-0.05, 0) is 0 Å². The molecule has 35 heavy (non-hydrogen) atoms. The molecule has 0 aliphatic carbocycles. The molecule has 6 bridgehead atoms. The van der Waals surface area contributed by atoms with Crippen molar-refractivity contribution in [3.63, 3.8) is 0 Å². The molecule has 186 valence electrons. The minimum Gasteiger partial charge on any atom is -0.357 e. The first-order chi connectivity index (χ1) is 16.9. The monoisotopic (exact) mass is 484 g/mol. The van der Waals surface area contributed by atoms with Crippen molar-refractivity contribution in [1.29, 1.82) is 0 Å². The second-order valence-electron chi connectivity index (χ2n) is 7.50. The van der Waals surface area contributed by atoms with Crippen LogP contribution in [0.25, 0.3) is 0 Å². The molecule has 0 saturated carbocycles. The Balaban J connectivity index is 1.66. The predicted octanol–water partition coefficient (Wildman–Crippen LogP) is -0.827. The van der Waals surface area contributed by atoms with E-state index in [-0.39, 0.29) is 20.0 Å². The van der Waals surface area contributed by atoms with Crippen molar-refractivity contribution >= 4 is 53.5 Å². The molecule has 1 aliphatic heterocycles. The summed E-state index contributed by atoms with van der Waals surface area (Å²) in [6.45, 7) is 0.780. The topological polar surface area (TPSA) is 207 Å². The Labute approximate surface area is 201 Å². The maximum Gasteiger partial charge on any atom is 0.231 e. The van der Waals surface area contributed by atoms with Crippen LogP contribution in [0.3, 0.4) is 0 Å². The van der Waals surface area contributed by atoms with Crippen molar-refractivity contribution in [1.82, 2.24) is 44.9 Å². The smallest absolute Gasteiger partial charge is 0.231 e. The molecule has 0 saturated heterocycles. The molecule has 18 heteroatoms. The molecule has 1 aliphatic rings. The molecule has 0 atom stereocenters. The predicted molar refractivity (Wildman–Crippen MR) is 134 cm³/mol. The van der Waals surface area contributed by atoms with E-state index >= 15 is 0 Å². The molecule has 0 aromatic carbocycles. The van der Waals surface area contributed by atoms with Crippen LogP contribution in [0.4, 0.5) is 53.5 Å². The Kier molecular flexibility index (Phi) is 6.98. The number of anilines is 9. The molecule has 3 aromatic rings. The van der Waals surface area contributed by atoms with E-state index in [1.54, 1.807) is 16.8 Å². The lowest BCUT2D eigenvalue weighted by Crippen LogP contribution is -2.23. The number of fused-ring (bicyclic) bond motifs is 6. The van der Waals surface area contributed by atoms with E-state index in [0.29, 0.717) is 53.5 Å². The number of hydrogen-bond acceptors (Lipinski definition) is 18. The van der Waals surface area contributed by atoms with Gasteiger partial charge in [-0.2, -0.15) is 44.9 Å². The van der Waals surface area contributed by atoms with Crippen LogP contribution in [0, 0.1) is 0 Å². The van der Waals surface area contributed by atoms with Gasteiger partial charge < -0.3 is 47.0 Å². The summed E-state index contributed by atoms with van der Waals surface area (Å²) in [6.07, 6.45) is 0. The van der Waals surface area contributed by atoms with Crippen LogP contribution in [0.1, 0.15) is 0 Å². The summed E-state index contributed by atoms with van der Waals surface area (Å²) < 4.78 is 0. The average molecular weight is 485 g/mol. The second kappa shape index (κ2) is 10.4. The Bertz CT molecular complexity index is 1070. The van der Waals surface area contributed by atoms with E-state index in [9.17, 15) is 0 Å². The zero-order chi connectivity index (χ0) is 24.8. The van der Waals surface area contributed by atoms with Gasteiger partial charge >= 0.3 is 0 Å². The molecule has 18 nitrogen and oxygen atoms in total. The highest BCUT2D eigenvalue weighted by Crippen LogP contribution is 2.14. The summed E-state index contributed by atoms with van der Waals surface area (Å²) in [5.74, 6) is 3.50. The largest absolute Gasteiger partial charge is 0.357 e. The number of rotatable bonds is 3. The summed E-state index contributed by atoms with van der Waals surface area (Å²) >= 11 is 0. The number of nitrogens with zero attached hydrogens (tertiary/aromatic N) is 11. The van der Waals surface area contributed by atoms with Crippen molar-refractivity contribution in [2.24, 2.45) is 0 Å². The van der Waals surface area contributed by atoms with Gasteiger partial charge in [0.15, 0.2) is 0 Å². The molecular weight excluding hydrogens is 456 g/mol. The molecule has 4 heterocycles. The van der Waals surface area contributed by atoms with Crippen LogP contribution in [0.5, 0.6) is 0 Å². The highest BCUT2D eigenvalue weighted by molar-refractivity contribution is 5.48. The van der Waals surface area contributed by atoms with Crippen LogP contribution in [0.2, 0.25) is 0 Å². The highest BCUT2D eigenvalue weighted by Gasteiger charge is 2.12. The fraction of sp³-hybridized carbons (Fsp3) is 0.471. The Morgan fingerprint density at radius 3 is 1.03 bits per heavy atom. The van der Waals surface area contributed by atoms with Gasteiger partial charge in [-0.1, -0.05) is 0 Å². The molecule has 3 aromatic heterocycles. The fourth-order valence-electron chi connectivity index (χ4n) is 2.70. The SMILES string of the molecule is CNc1nc2nc(n1)NCNc1nc(nc(N(C)C)n1)NCNc1nc(nc(N(C)C)n1)NCN2. The van der Waals surface area contributed by atoms with Crippen molar-refractivity contribution in [3.8, 4) is 0 Å². The molecule has 0 radical (unpaired) electrons. The van der Waals surface area contributed by atoms with E-state index in [1.807, 2.05) is 28.2 Å². The van der Waals surface area contributed by atoms with Crippen molar-refractivity contribution in [3.05, 3.63) is 0 Å². The molecule has 0 amide bonds. The summed E-state index contributed by atoms with van der Waals surface area (Å²) in [7, 11) is 9.11. The number of nitrogens with one attached hydrogen (secondary N) is 7. The Hall–Kier alpha value is -4.77. The average Bonchev–Trinajstić information content (AvgIpc) is 2.83. The van der Waals surface area contributed by atoms with E-state index < -0.39 is 0 Å². The third-order valence-corrected chi connectivity index (χ3v) is 4.39. The van der Waals surface area contributed by atoms with Gasteiger partial charge in [-0.15, -0.1) is 0 Å². The first-order valence-corrected chi connectivity index (χ1v) is 10.6. The Morgan fingerprint density at radius 1 is 0.486 bits per heavy atom. The lowest BCUT2D eigenvalue weighted by atomic mass is 10.7. The quantitative estimate of drug-likeness (QED) is 0.242. The van der Waals surface area contributed by atoms with Crippen molar-refractivity contribution in [2.75, 3.05) is 102 Å². The van der Waals surface area contributed by atoms with Crippen LogP contribution >= 0.6 is 0 Å². The molecule has 7 N–H and O–H groups in total. The van der Waals surface area contributed by atoms with E-state index in [4.69, 9.17) is 0 Å². The van der Waals surface area contributed by atoms with Crippen LogP contribution in [-0.4, -0.2) is 100 Å². The fourth-order valence-corrected chi connectivity index (χ4v) is 2.70. The van der Waals surface area contributed by atoms with E-state index in [0.717, 1.165) is 0 Å². The van der Waals surface area contributed by atoms with Crippen molar-refractivity contribution in [2.45, 2.75) is 0 Å². The summed E-state index contributed by atoms with van der Waals surface area (Å²) in [6, 6.07) is 0. The first-order valence-electron chi connectivity index (χ1n) is 10.6. The van der Waals surface area contributed by atoms with Crippen molar-refractivity contribution < 1.29 is 0 Å². The van der Waals surface area contributed by atoms with Gasteiger partial charge in [-0.25, -0.2) is 0 Å². The maximum absolute atomic E-state index is 4.42. The molecular formula is C17H28N18. The normalized spacial score (nSPS) is 13.2. The van der Waals surface area contributed by atoms with Gasteiger partial charge in [0.25, 0.3) is 0 Å². The lowest BCUT2D eigenvalue weighted by Gasteiger charge is -2.16. The number of hydrogen-bond donors (Lipinski definition) is 7. The second-order valence-corrected chi connectivity index (χ2v) is 7.50. The maximum atomic E-state index is 4.42. The first kappa shape index (κ1) is 23.4. The number of aromatic nitrogens is 9.